The molecule has 0 spiro atoms. The summed E-state index contributed by atoms with van der Waals surface area (Å²) in [7, 11) is 0. The predicted molar refractivity (Wildman–Crippen MR) is 211 cm³/mol. The summed E-state index contributed by atoms with van der Waals surface area (Å²) < 4.78 is 342. The molecule has 28 heteroatoms. The van der Waals surface area contributed by atoms with Gasteiger partial charge in [0.2, 0.25) is 18.1 Å². The standard InChI is InChI=1S/C32H12BF24.C13H15N2O/c34-25(35,36)13-1-14(26(37,38)39)6-21(5-13)33(22-7-15(27(40,41)42)2-16(8-22)28(43,44)45,23-9-17(29(46,47)48)3-18(10-23)30(49,50)51)24-11-19(31(52,53)54)4-20(12-24)32(55,56)57;1-10-8-11(2)13(12(3)9-10)16-15-6-4-14-5-7-15/h1-12H;4-9H,1-3H3/q-1;+1. The summed E-state index contributed by atoms with van der Waals surface area (Å²) in [6.45, 7) is 6.19. The van der Waals surface area contributed by atoms with Crippen LogP contribution in [0, 0.1) is 20.8 Å². The van der Waals surface area contributed by atoms with Crippen LogP contribution >= 0.6 is 0 Å². The molecule has 394 valence electrons. The summed E-state index contributed by atoms with van der Waals surface area (Å²) in [6, 6.07) is -4.58. The topological polar surface area (TPSA) is 26.0 Å². The fourth-order valence-electron chi connectivity index (χ4n) is 7.86. The monoisotopic (exact) mass is 1080 g/mol. The number of rotatable bonds is 6. The van der Waals surface area contributed by atoms with Crippen molar-refractivity contribution in [1.29, 1.82) is 0 Å². The van der Waals surface area contributed by atoms with Crippen LogP contribution in [0.2, 0.25) is 0 Å². The first-order valence-electron chi connectivity index (χ1n) is 19.9. The van der Waals surface area contributed by atoms with Gasteiger partial charge in [0.15, 0.2) is 0 Å². The van der Waals surface area contributed by atoms with E-state index < -0.39 is 195 Å². The van der Waals surface area contributed by atoms with E-state index in [2.05, 4.69) is 37.9 Å². The summed E-state index contributed by atoms with van der Waals surface area (Å²) in [4.78, 5) is 9.72. The van der Waals surface area contributed by atoms with E-state index in [1.807, 2.05) is 0 Å². The van der Waals surface area contributed by atoms with Gasteiger partial charge in [-0.2, -0.15) is 127 Å². The fraction of sp³-hybridized carbons (Fsp3) is 0.244. The molecule has 3 nitrogen and oxygen atoms in total. The van der Waals surface area contributed by atoms with Crippen molar-refractivity contribution in [2.75, 3.05) is 0 Å². The number of hydrogen-bond donors (Lipinski definition) is 0. The van der Waals surface area contributed by atoms with E-state index >= 15 is 0 Å². The lowest BCUT2D eigenvalue weighted by atomic mass is 9.12. The van der Waals surface area contributed by atoms with E-state index in [-0.39, 0.29) is 0 Å². The Kier molecular flexibility index (Phi) is 15.2. The Morgan fingerprint density at radius 2 is 0.534 bits per heavy atom. The van der Waals surface area contributed by atoms with Crippen LogP contribution in [0.4, 0.5) is 105 Å². The number of halogens is 24. The van der Waals surface area contributed by atoms with Crippen molar-refractivity contribution >= 4 is 28.0 Å². The number of aromatic nitrogens is 2. The SMILES string of the molecule is Cc1cc(C)c(O[n+]2ccncc2)c(C)c1.FC(F)(F)c1cc([B-](c2cc(C(F)(F)F)cc(C(F)(F)F)c2)(c2cc(C(F)(F)F)cc(C(F)(F)F)c2)c2cc(C(F)(F)F)cc(C(F)(F)F)c2)cc(C(F)(F)F)c1. The molecule has 0 saturated carbocycles. The van der Waals surface area contributed by atoms with Crippen molar-refractivity contribution in [2.45, 2.75) is 70.2 Å². The van der Waals surface area contributed by atoms with Crippen LogP contribution in [0.1, 0.15) is 61.2 Å². The van der Waals surface area contributed by atoms with Crippen molar-refractivity contribution in [3.05, 3.63) is 171 Å². The number of alkyl halides is 24. The van der Waals surface area contributed by atoms with E-state index in [4.69, 9.17) is 4.84 Å². The summed E-state index contributed by atoms with van der Waals surface area (Å²) >= 11 is 0. The molecule has 0 aliphatic rings. The fourth-order valence-corrected chi connectivity index (χ4v) is 7.86. The third-order valence-corrected chi connectivity index (χ3v) is 10.8. The molecule has 0 aliphatic carbocycles. The third kappa shape index (κ3) is 13.1. The Morgan fingerprint density at radius 1 is 0.329 bits per heavy atom. The molecule has 0 saturated heterocycles. The first-order chi connectivity index (χ1) is 32.9. The lowest BCUT2D eigenvalue weighted by Gasteiger charge is -2.46. The molecular weight excluding hydrogens is 1050 g/mol. The molecule has 0 bridgehead atoms. The second kappa shape index (κ2) is 19.3. The average molecular weight is 1080 g/mol. The highest BCUT2D eigenvalue weighted by atomic mass is 19.4. The summed E-state index contributed by atoms with van der Waals surface area (Å²) in [5.41, 5.74) is -26.7. The molecule has 1 aromatic heterocycles. The average Bonchev–Trinajstić information content (AvgIpc) is 3.23. The molecule has 5 aromatic carbocycles. The van der Waals surface area contributed by atoms with Gasteiger partial charge in [0.25, 0.3) is 0 Å². The van der Waals surface area contributed by atoms with E-state index in [9.17, 15) is 105 Å². The largest absolute Gasteiger partial charge is 0.416 e. The minimum atomic E-state index is -6.13. The smallest absolute Gasteiger partial charge is 0.252 e. The Hall–Kier alpha value is -6.64. The number of benzene rings is 5. The van der Waals surface area contributed by atoms with E-state index in [1.54, 1.807) is 29.5 Å². The van der Waals surface area contributed by atoms with E-state index in [1.165, 1.54) is 5.56 Å². The van der Waals surface area contributed by atoms with E-state index in [0.717, 1.165) is 16.9 Å². The Balaban J connectivity index is 0.000000520. The van der Waals surface area contributed by atoms with Crippen molar-refractivity contribution in [1.82, 2.24) is 4.98 Å². The molecule has 0 aliphatic heterocycles. The van der Waals surface area contributed by atoms with Gasteiger partial charge in [0, 0.05) is 4.73 Å². The molecule has 0 N–H and O–H groups in total. The molecular formula is C45H27BF24N2O. The van der Waals surface area contributed by atoms with Crippen LogP contribution in [0.25, 0.3) is 0 Å². The van der Waals surface area contributed by atoms with Gasteiger partial charge in [-0.25, -0.2) is 4.84 Å². The summed E-state index contributed by atoms with van der Waals surface area (Å²) in [6.07, 6.45) is -47.9. The number of nitrogens with zero attached hydrogens (tertiary/aromatic N) is 2. The van der Waals surface area contributed by atoms with Crippen molar-refractivity contribution < 1.29 is 115 Å². The normalized spacial score (nSPS) is 13.4. The molecule has 0 radical (unpaired) electrons. The van der Waals surface area contributed by atoms with Crippen LogP contribution < -0.4 is 31.4 Å². The zero-order valence-corrected chi connectivity index (χ0v) is 36.3. The summed E-state index contributed by atoms with van der Waals surface area (Å²) in [5, 5.41) is 0. The predicted octanol–water partition coefficient (Wildman–Crippen LogP) is 13.4. The molecule has 73 heavy (non-hydrogen) atoms. The third-order valence-electron chi connectivity index (χ3n) is 10.8. The lowest BCUT2D eigenvalue weighted by Crippen LogP contribution is -2.75. The molecule has 1 heterocycles. The van der Waals surface area contributed by atoms with Crippen molar-refractivity contribution in [3.8, 4) is 5.75 Å². The first kappa shape index (κ1) is 57.3. The highest BCUT2D eigenvalue weighted by molar-refractivity contribution is 7.20. The van der Waals surface area contributed by atoms with Crippen molar-refractivity contribution in [2.24, 2.45) is 0 Å². The Morgan fingerprint density at radius 3 is 0.726 bits per heavy atom. The maximum atomic E-state index is 14.2. The number of hydrogen-bond acceptors (Lipinski definition) is 2. The maximum Gasteiger partial charge on any atom is 0.416 e. The molecule has 6 aromatic rings. The molecule has 6 rings (SSSR count). The lowest BCUT2D eigenvalue weighted by molar-refractivity contribution is -0.875. The zero-order chi connectivity index (χ0) is 55.5. The Bertz CT molecular complexity index is 2500. The van der Waals surface area contributed by atoms with Gasteiger partial charge in [-0.05, 0) is 56.2 Å². The maximum absolute atomic E-state index is 14.2. The minimum Gasteiger partial charge on any atom is -0.252 e. The van der Waals surface area contributed by atoms with Gasteiger partial charge >= 0.3 is 49.4 Å². The van der Waals surface area contributed by atoms with Crippen LogP contribution in [0.5, 0.6) is 5.75 Å². The highest BCUT2D eigenvalue weighted by Gasteiger charge is 2.47. The van der Waals surface area contributed by atoms with Crippen LogP contribution in [-0.2, 0) is 49.4 Å². The first-order valence-corrected chi connectivity index (χ1v) is 19.9. The van der Waals surface area contributed by atoms with Crippen LogP contribution in [0.15, 0.2) is 110 Å². The quantitative estimate of drug-likeness (QED) is 0.0944. The Labute approximate surface area is 394 Å². The minimum absolute atomic E-state index is 0.691. The van der Waals surface area contributed by atoms with Gasteiger partial charge in [-0.1, -0.05) is 66.2 Å². The van der Waals surface area contributed by atoms with Crippen LogP contribution in [-0.4, -0.2) is 11.1 Å². The number of aryl methyl sites for hydroxylation is 3. The molecule has 0 unspecified atom stereocenters. The summed E-state index contributed by atoms with van der Waals surface area (Å²) in [5.74, 6) is 0.904. The van der Waals surface area contributed by atoms with Gasteiger partial charge in [-0.3, -0.25) is 4.98 Å². The van der Waals surface area contributed by atoms with Gasteiger partial charge in [-0.15, -0.1) is 0 Å². The van der Waals surface area contributed by atoms with Gasteiger partial charge in [0.1, 0.15) is 6.15 Å². The van der Waals surface area contributed by atoms with E-state index in [0.29, 0.717) is 0 Å². The second-order valence-corrected chi connectivity index (χ2v) is 16.1. The highest BCUT2D eigenvalue weighted by Crippen LogP contribution is 2.41. The molecule has 0 amide bonds. The van der Waals surface area contributed by atoms with Crippen molar-refractivity contribution in [3.63, 3.8) is 0 Å². The molecule has 0 fully saturated rings. The van der Waals surface area contributed by atoms with Gasteiger partial charge in [0.05, 0.1) is 56.9 Å². The second-order valence-electron chi connectivity index (χ2n) is 16.1. The van der Waals surface area contributed by atoms with Gasteiger partial charge < -0.3 is 0 Å². The van der Waals surface area contributed by atoms with Crippen LogP contribution in [0.3, 0.4) is 0 Å². The zero-order valence-electron chi connectivity index (χ0n) is 36.3. The molecule has 0 atom stereocenters.